The van der Waals surface area contributed by atoms with E-state index in [-0.39, 0.29) is 12.1 Å². The Bertz CT molecular complexity index is 447. The summed E-state index contributed by atoms with van der Waals surface area (Å²) in [5.74, 6) is 0. The Morgan fingerprint density at radius 1 is 1.53 bits per heavy atom. The van der Waals surface area contributed by atoms with Crippen LogP contribution in [-0.2, 0) is 4.74 Å². The van der Waals surface area contributed by atoms with Gasteiger partial charge in [-0.25, -0.2) is 4.79 Å². The van der Waals surface area contributed by atoms with Crippen molar-refractivity contribution in [1.82, 2.24) is 5.32 Å². The maximum Gasteiger partial charge on any atom is 0.319 e. The largest absolute Gasteiger partial charge is 0.379 e. The van der Waals surface area contributed by atoms with E-state index in [1.165, 1.54) is 0 Å². The Hall–Kier alpha value is -2.06. The van der Waals surface area contributed by atoms with Crippen LogP contribution in [0.3, 0.4) is 0 Å². The maximum atomic E-state index is 11.6. The van der Waals surface area contributed by atoms with Crippen LogP contribution < -0.4 is 10.6 Å². The van der Waals surface area contributed by atoms with E-state index in [1.54, 1.807) is 24.3 Å². The van der Waals surface area contributed by atoms with Gasteiger partial charge in [-0.15, -0.1) is 0 Å². The van der Waals surface area contributed by atoms with Crippen molar-refractivity contribution in [2.45, 2.75) is 12.5 Å². The van der Waals surface area contributed by atoms with Crippen LogP contribution in [-0.4, -0.2) is 25.3 Å². The minimum absolute atomic E-state index is 0.0779. The van der Waals surface area contributed by atoms with Gasteiger partial charge in [-0.2, -0.15) is 5.26 Å². The van der Waals surface area contributed by atoms with E-state index in [2.05, 4.69) is 10.6 Å². The number of nitrogens with one attached hydrogen (secondary N) is 2. The van der Waals surface area contributed by atoms with Gasteiger partial charge in [-0.05, 0) is 24.6 Å². The minimum Gasteiger partial charge on any atom is -0.379 e. The number of urea groups is 1. The summed E-state index contributed by atoms with van der Waals surface area (Å²) in [6.45, 7) is 1.25. The Morgan fingerprint density at radius 2 is 2.41 bits per heavy atom. The highest BCUT2D eigenvalue weighted by Gasteiger charge is 2.17. The highest BCUT2D eigenvalue weighted by molar-refractivity contribution is 5.89. The molecule has 0 bridgehead atoms. The molecule has 5 nitrogen and oxygen atoms in total. The molecular weight excluding hydrogens is 218 g/mol. The molecule has 0 aliphatic carbocycles. The molecule has 1 aromatic rings. The summed E-state index contributed by atoms with van der Waals surface area (Å²) in [5, 5.41) is 14.2. The van der Waals surface area contributed by atoms with Crippen molar-refractivity contribution in [1.29, 1.82) is 5.26 Å². The standard InChI is InChI=1S/C12H13N3O2/c13-7-9-2-1-3-10(6-9)14-12(16)15-11-4-5-17-8-11/h1-3,6,11H,4-5,8H2,(H2,14,15,16)/t11-/m1/s1. The van der Waals surface area contributed by atoms with Crippen LogP contribution in [0, 0.1) is 11.3 Å². The average molecular weight is 231 g/mol. The first kappa shape index (κ1) is 11.4. The zero-order valence-corrected chi connectivity index (χ0v) is 9.27. The smallest absolute Gasteiger partial charge is 0.319 e. The quantitative estimate of drug-likeness (QED) is 0.809. The summed E-state index contributed by atoms with van der Waals surface area (Å²) < 4.78 is 5.16. The van der Waals surface area contributed by atoms with Gasteiger partial charge < -0.3 is 15.4 Å². The molecule has 0 unspecified atom stereocenters. The third-order valence-electron chi connectivity index (χ3n) is 2.51. The molecule has 5 heteroatoms. The van der Waals surface area contributed by atoms with Crippen molar-refractivity contribution in [2.24, 2.45) is 0 Å². The fraction of sp³-hybridized carbons (Fsp3) is 0.333. The Kier molecular flexibility index (Phi) is 3.58. The molecule has 2 amide bonds. The number of nitrogens with zero attached hydrogens (tertiary/aromatic N) is 1. The highest BCUT2D eigenvalue weighted by atomic mass is 16.5. The van der Waals surface area contributed by atoms with E-state index in [9.17, 15) is 4.79 Å². The molecule has 1 aliphatic heterocycles. The molecule has 0 aromatic heterocycles. The Morgan fingerprint density at radius 3 is 3.12 bits per heavy atom. The van der Waals surface area contributed by atoms with Crippen molar-refractivity contribution in [3.63, 3.8) is 0 Å². The number of benzene rings is 1. The maximum absolute atomic E-state index is 11.6. The number of hydrogen-bond acceptors (Lipinski definition) is 3. The molecule has 1 atom stereocenters. The van der Waals surface area contributed by atoms with Crippen molar-refractivity contribution in [3.8, 4) is 6.07 Å². The molecule has 0 spiro atoms. The molecule has 0 saturated carbocycles. The van der Waals surface area contributed by atoms with Gasteiger partial charge in [0.05, 0.1) is 24.3 Å². The number of ether oxygens (including phenoxy) is 1. The van der Waals surface area contributed by atoms with Crippen molar-refractivity contribution in [3.05, 3.63) is 29.8 Å². The highest BCUT2D eigenvalue weighted by Crippen LogP contribution is 2.10. The van der Waals surface area contributed by atoms with E-state index in [0.29, 0.717) is 24.5 Å². The summed E-state index contributed by atoms with van der Waals surface area (Å²) in [4.78, 5) is 11.6. The lowest BCUT2D eigenvalue weighted by molar-refractivity contribution is 0.189. The summed E-state index contributed by atoms with van der Waals surface area (Å²) in [6, 6.07) is 8.62. The van der Waals surface area contributed by atoms with Gasteiger partial charge in [-0.3, -0.25) is 0 Å². The molecular formula is C12H13N3O2. The lowest BCUT2D eigenvalue weighted by Gasteiger charge is -2.11. The van der Waals surface area contributed by atoms with E-state index >= 15 is 0 Å². The van der Waals surface area contributed by atoms with E-state index in [4.69, 9.17) is 10.00 Å². The lowest BCUT2D eigenvalue weighted by atomic mass is 10.2. The van der Waals surface area contributed by atoms with Crippen LogP contribution in [0.1, 0.15) is 12.0 Å². The van der Waals surface area contributed by atoms with Crippen LogP contribution in [0.25, 0.3) is 0 Å². The van der Waals surface area contributed by atoms with E-state index < -0.39 is 0 Å². The number of hydrogen-bond donors (Lipinski definition) is 2. The van der Waals surface area contributed by atoms with Gasteiger partial charge in [0.2, 0.25) is 0 Å². The van der Waals surface area contributed by atoms with Gasteiger partial charge in [0.25, 0.3) is 0 Å². The average Bonchev–Trinajstić information content (AvgIpc) is 2.82. The first-order chi connectivity index (χ1) is 8.28. The Balaban J connectivity index is 1.91. The fourth-order valence-corrected chi connectivity index (χ4v) is 1.67. The van der Waals surface area contributed by atoms with E-state index in [1.807, 2.05) is 6.07 Å². The van der Waals surface area contributed by atoms with Crippen LogP contribution in [0.5, 0.6) is 0 Å². The van der Waals surface area contributed by atoms with Gasteiger partial charge in [-0.1, -0.05) is 6.07 Å². The van der Waals surface area contributed by atoms with Gasteiger partial charge in [0.15, 0.2) is 0 Å². The summed E-state index contributed by atoms with van der Waals surface area (Å²) >= 11 is 0. The Labute approximate surface area is 99.4 Å². The summed E-state index contributed by atoms with van der Waals surface area (Å²) in [5.41, 5.74) is 1.13. The van der Waals surface area contributed by atoms with Crippen molar-refractivity contribution >= 4 is 11.7 Å². The zero-order valence-electron chi connectivity index (χ0n) is 9.27. The topological polar surface area (TPSA) is 74.2 Å². The second-order valence-corrected chi connectivity index (χ2v) is 3.85. The second-order valence-electron chi connectivity index (χ2n) is 3.85. The summed E-state index contributed by atoms with van der Waals surface area (Å²) in [6.07, 6.45) is 0.839. The van der Waals surface area contributed by atoms with Crippen LogP contribution in [0.4, 0.5) is 10.5 Å². The predicted molar refractivity (Wildman–Crippen MR) is 62.5 cm³/mol. The monoisotopic (exact) mass is 231 g/mol. The molecule has 2 N–H and O–H groups in total. The second kappa shape index (κ2) is 5.32. The van der Waals surface area contributed by atoms with Gasteiger partial charge in [0.1, 0.15) is 0 Å². The molecule has 1 saturated heterocycles. The fourth-order valence-electron chi connectivity index (χ4n) is 1.67. The third kappa shape index (κ3) is 3.20. The first-order valence-electron chi connectivity index (χ1n) is 5.43. The number of carbonyl (C=O) groups is 1. The van der Waals surface area contributed by atoms with Crippen LogP contribution >= 0.6 is 0 Å². The van der Waals surface area contributed by atoms with Gasteiger partial charge >= 0.3 is 6.03 Å². The minimum atomic E-state index is -0.268. The molecule has 17 heavy (non-hydrogen) atoms. The van der Waals surface area contributed by atoms with Crippen LogP contribution in [0.15, 0.2) is 24.3 Å². The SMILES string of the molecule is N#Cc1cccc(NC(=O)N[C@@H]2CCOC2)c1. The normalized spacial score (nSPS) is 18.4. The number of nitriles is 1. The first-order valence-corrected chi connectivity index (χ1v) is 5.43. The van der Waals surface area contributed by atoms with Gasteiger partial charge in [0, 0.05) is 12.3 Å². The van der Waals surface area contributed by atoms with Crippen molar-refractivity contribution < 1.29 is 9.53 Å². The van der Waals surface area contributed by atoms with Crippen molar-refractivity contribution in [2.75, 3.05) is 18.5 Å². The number of anilines is 1. The molecule has 2 rings (SSSR count). The third-order valence-corrected chi connectivity index (χ3v) is 2.51. The lowest BCUT2D eigenvalue weighted by Crippen LogP contribution is -2.38. The predicted octanol–water partition coefficient (Wildman–Crippen LogP) is 1.47. The molecule has 88 valence electrons. The molecule has 1 heterocycles. The van der Waals surface area contributed by atoms with E-state index in [0.717, 1.165) is 6.42 Å². The number of rotatable bonds is 2. The van der Waals surface area contributed by atoms with Crippen LogP contribution in [0.2, 0.25) is 0 Å². The molecule has 0 radical (unpaired) electrons. The number of carbonyl (C=O) groups excluding carboxylic acids is 1. The number of amides is 2. The summed E-state index contributed by atoms with van der Waals surface area (Å²) in [7, 11) is 0. The molecule has 1 fully saturated rings. The molecule has 1 aromatic carbocycles. The zero-order chi connectivity index (χ0) is 12.1. The molecule has 1 aliphatic rings.